The largest absolute Gasteiger partial charge is 0.314 e. The third kappa shape index (κ3) is 1.97. The zero-order valence-corrected chi connectivity index (χ0v) is 10.7. The minimum Gasteiger partial charge on any atom is -0.314 e. The lowest BCUT2D eigenvalue weighted by Crippen LogP contribution is -2.21. The molecule has 0 amide bonds. The van der Waals surface area contributed by atoms with E-state index in [1.807, 2.05) is 12.3 Å². The SMILES string of the molecule is CC(C)NCc1ccc2c(c1)ncc1cccn12. The van der Waals surface area contributed by atoms with Gasteiger partial charge in [0.15, 0.2) is 0 Å². The van der Waals surface area contributed by atoms with Crippen molar-refractivity contribution in [1.82, 2.24) is 14.7 Å². The summed E-state index contributed by atoms with van der Waals surface area (Å²) in [5, 5.41) is 3.42. The van der Waals surface area contributed by atoms with Gasteiger partial charge in [-0.05, 0) is 29.8 Å². The molecule has 0 aliphatic rings. The molecular weight excluding hydrogens is 222 g/mol. The number of nitrogens with one attached hydrogen (secondary N) is 1. The van der Waals surface area contributed by atoms with Gasteiger partial charge in [-0.15, -0.1) is 0 Å². The molecule has 2 aromatic heterocycles. The Bertz CT molecular complexity index is 682. The standard InChI is InChI=1S/C15H17N3/c1-11(2)16-9-12-5-6-15-14(8-12)17-10-13-4-3-7-18(13)15/h3-8,10-11,16H,9H2,1-2H3. The van der Waals surface area contributed by atoms with Gasteiger partial charge in [0.2, 0.25) is 0 Å². The van der Waals surface area contributed by atoms with Crippen molar-refractivity contribution in [2.75, 3.05) is 0 Å². The molecule has 3 nitrogen and oxygen atoms in total. The molecule has 92 valence electrons. The van der Waals surface area contributed by atoms with E-state index in [0.717, 1.165) is 23.1 Å². The van der Waals surface area contributed by atoms with Crippen LogP contribution in [0, 0.1) is 0 Å². The van der Waals surface area contributed by atoms with E-state index in [0.29, 0.717) is 6.04 Å². The number of fused-ring (bicyclic) bond motifs is 3. The molecule has 0 radical (unpaired) electrons. The third-order valence-electron chi connectivity index (χ3n) is 3.13. The van der Waals surface area contributed by atoms with Crippen LogP contribution in [-0.2, 0) is 6.54 Å². The van der Waals surface area contributed by atoms with Crippen molar-refractivity contribution in [2.45, 2.75) is 26.4 Å². The van der Waals surface area contributed by atoms with E-state index >= 15 is 0 Å². The van der Waals surface area contributed by atoms with E-state index in [-0.39, 0.29) is 0 Å². The van der Waals surface area contributed by atoms with Crippen molar-refractivity contribution in [3.63, 3.8) is 0 Å². The zero-order chi connectivity index (χ0) is 12.5. The van der Waals surface area contributed by atoms with E-state index in [9.17, 15) is 0 Å². The van der Waals surface area contributed by atoms with Crippen LogP contribution in [0.4, 0.5) is 0 Å². The van der Waals surface area contributed by atoms with Crippen LogP contribution in [0.2, 0.25) is 0 Å². The Kier molecular flexibility index (Phi) is 2.76. The first kappa shape index (κ1) is 11.2. The summed E-state index contributed by atoms with van der Waals surface area (Å²) in [6.07, 6.45) is 3.99. The summed E-state index contributed by atoms with van der Waals surface area (Å²) in [5.74, 6) is 0. The Morgan fingerprint density at radius 1 is 1.28 bits per heavy atom. The van der Waals surface area contributed by atoms with Gasteiger partial charge in [0.1, 0.15) is 0 Å². The molecule has 3 aromatic rings. The fourth-order valence-corrected chi connectivity index (χ4v) is 2.16. The van der Waals surface area contributed by atoms with Crippen molar-refractivity contribution in [3.8, 4) is 0 Å². The lowest BCUT2D eigenvalue weighted by molar-refractivity contribution is 0.589. The normalized spacial score (nSPS) is 11.7. The van der Waals surface area contributed by atoms with Crippen molar-refractivity contribution in [3.05, 3.63) is 48.3 Å². The molecule has 1 aromatic carbocycles. The Morgan fingerprint density at radius 3 is 3.00 bits per heavy atom. The predicted octanol–water partition coefficient (Wildman–Crippen LogP) is 2.99. The topological polar surface area (TPSA) is 29.3 Å². The average Bonchev–Trinajstić information content (AvgIpc) is 2.84. The Hall–Kier alpha value is -1.87. The number of hydrogen-bond acceptors (Lipinski definition) is 2. The van der Waals surface area contributed by atoms with Gasteiger partial charge in [-0.2, -0.15) is 0 Å². The van der Waals surface area contributed by atoms with Crippen LogP contribution in [0.1, 0.15) is 19.4 Å². The Labute approximate surface area is 106 Å². The molecular formula is C15H17N3. The summed E-state index contributed by atoms with van der Waals surface area (Å²) in [6, 6.07) is 11.1. The lowest BCUT2D eigenvalue weighted by Gasteiger charge is -2.09. The molecule has 0 unspecified atom stereocenters. The summed E-state index contributed by atoms with van der Waals surface area (Å²) in [4.78, 5) is 4.52. The van der Waals surface area contributed by atoms with E-state index in [1.165, 1.54) is 5.56 Å². The van der Waals surface area contributed by atoms with Crippen molar-refractivity contribution >= 4 is 16.6 Å². The summed E-state index contributed by atoms with van der Waals surface area (Å²) in [6.45, 7) is 5.20. The third-order valence-corrected chi connectivity index (χ3v) is 3.13. The first-order chi connectivity index (χ1) is 8.74. The molecule has 0 saturated carbocycles. The van der Waals surface area contributed by atoms with Gasteiger partial charge in [-0.25, -0.2) is 0 Å². The highest BCUT2D eigenvalue weighted by Gasteiger charge is 2.02. The summed E-state index contributed by atoms with van der Waals surface area (Å²) in [7, 11) is 0. The van der Waals surface area contributed by atoms with Crippen LogP contribution in [0.15, 0.2) is 42.7 Å². The second-order valence-corrected chi connectivity index (χ2v) is 4.92. The first-order valence-electron chi connectivity index (χ1n) is 6.32. The van der Waals surface area contributed by atoms with Gasteiger partial charge < -0.3 is 9.72 Å². The smallest absolute Gasteiger partial charge is 0.0874 e. The molecule has 2 heterocycles. The van der Waals surface area contributed by atoms with E-state index in [4.69, 9.17) is 0 Å². The zero-order valence-electron chi connectivity index (χ0n) is 10.7. The van der Waals surface area contributed by atoms with Gasteiger partial charge in [-0.3, -0.25) is 4.98 Å². The van der Waals surface area contributed by atoms with Gasteiger partial charge >= 0.3 is 0 Å². The number of hydrogen-bond donors (Lipinski definition) is 1. The molecule has 0 saturated heterocycles. The minimum absolute atomic E-state index is 0.501. The lowest BCUT2D eigenvalue weighted by atomic mass is 10.2. The molecule has 3 heteroatoms. The van der Waals surface area contributed by atoms with Gasteiger partial charge in [-0.1, -0.05) is 19.9 Å². The second-order valence-electron chi connectivity index (χ2n) is 4.92. The highest BCUT2D eigenvalue weighted by molar-refractivity contribution is 5.78. The quantitative estimate of drug-likeness (QED) is 0.761. The summed E-state index contributed by atoms with van der Waals surface area (Å²) in [5.41, 5.74) is 4.61. The molecule has 0 aliphatic heterocycles. The fourth-order valence-electron chi connectivity index (χ4n) is 2.16. The summed E-state index contributed by atoms with van der Waals surface area (Å²) >= 11 is 0. The fraction of sp³-hybridized carbons (Fsp3) is 0.267. The van der Waals surface area contributed by atoms with Crippen LogP contribution >= 0.6 is 0 Å². The molecule has 0 atom stereocenters. The van der Waals surface area contributed by atoms with E-state index in [1.54, 1.807) is 0 Å². The van der Waals surface area contributed by atoms with Crippen molar-refractivity contribution < 1.29 is 0 Å². The predicted molar refractivity (Wildman–Crippen MR) is 74.7 cm³/mol. The van der Waals surface area contributed by atoms with Crippen LogP contribution in [0.5, 0.6) is 0 Å². The van der Waals surface area contributed by atoms with Crippen LogP contribution < -0.4 is 5.32 Å². The maximum atomic E-state index is 4.52. The van der Waals surface area contributed by atoms with Crippen LogP contribution in [-0.4, -0.2) is 15.4 Å². The number of benzene rings is 1. The monoisotopic (exact) mass is 239 g/mol. The first-order valence-corrected chi connectivity index (χ1v) is 6.32. The molecule has 0 bridgehead atoms. The Balaban J connectivity index is 2.04. The van der Waals surface area contributed by atoms with E-state index in [2.05, 4.69) is 59.0 Å². The van der Waals surface area contributed by atoms with Crippen molar-refractivity contribution in [2.24, 2.45) is 0 Å². The number of aromatic nitrogens is 2. The highest BCUT2D eigenvalue weighted by Crippen LogP contribution is 2.16. The minimum atomic E-state index is 0.501. The number of nitrogens with zero attached hydrogens (tertiary/aromatic N) is 2. The average molecular weight is 239 g/mol. The number of rotatable bonds is 3. The van der Waals surface area contributed by atoms with Gasteiger partial charge in [0.25, 0.3) is 0 Å². The Morgan fingerprint density at radius 2 is 2.17 bits per heavy atom. The molecule has 0 spiro atoms. The molecule has 0 aliphatic carbocycles. The van der Waals surface area contributed by atoms with Crippen molar-refractivity contribution in [1.29, 1.82) is 0 Å². The van der Waals surface area contributed by atoms with Gasteiger partial charge in [0.05, 0.1) is 22.7 Å². The van der Waals surface area contributed by atoms with Crippen LogP contribution in [0.3, 0.4) is 0 Å². The maximum Gasteiger partial charge on any atom is 0.0874 e. The molecule has 18 heavy (non-hydrogen) atoms. The van der Waals surface area contributed by atoms with Gasteiger partial charge in [0, 0.05) is 18.8 Å². The maximum absolute atomic E-state index is 4.52. The van der Waals surface area contributed by atoms with E-state index < -0.39 is 0 Å². The highest BCUT2D eigenvalue weighted by atomic mass is 14.9. The molecule has 3 rings (SSSR count). The summed E-state index contributed by atoms with van der Waals surface area (Å²) < 4.78 is 2.17. The second kappa shape index (κ2) is 4.42. The molecule has 1 N–H and O–H groups in total. The van der Waals surface area contributed by atoms with Crippen LogP contribution in [0.25, 0.3) is 16.6 Å². The molecule has 0 fully saturated rings.